The molecule has 0 radical (unpaired) electrons. The van der Waals surface area contributed by atoms with Gasteiger partial charge in [-0.3, -0.25) is 14.9 Å². The molecule has 21 heavy (non-hydrogen) atoms. The summed E-state index contributed by atoms with van der Waals surface area (Å²) in [4.78, 5) is 27.9. The molecule has 8 heteroatoms. The fourth-order valence-corrected chi connectivity index (χ4v) is 2.83. The lowest BCUT2D eigenvalue weighted by molar-refractivity contribution is -0.385. The molecular weight excluding hydrogens is 292 g/mol. The maximum atomic E-state index is 11.9. The van der Waals surface area contributed by atoms with Crippen molar-refractivity contribution >= 4 is 23.4 Å². The van der Waals surface area contributed by atoms with Crippen LogP contribution < -0.4 is 5.32 Å². The minimum absolute atomic E-state index is 0.00626. The third-order valence-corrected chi connectivity index (χ3v) is 4.22. The van der Waals surface area contributed by atoms with Crippen molar-refractivity contribution in [3.8, 4) is 0 Å². The second-order valence-electron chi connectivity index (χ2n) is 4.69. The van der Waals surface area contributed by atoms with Gasteiger partial charge in [0.05, 0.1) is 9.95 Å². The highest BCUT2D eigenvalue weighted by atomic mass is 32.2. The van der Waals surface area contributed by atoms with E-state index in [-0.39, 0.29) is 11.6 Å². The summed E-state index contributed by atoms with van der Waals surface area (Å²) in [7, 11) is 0. The lowest BCUT2D eigenvalue weighted by Crippen LogP contribution is -2.46. The van der Waals surface area contributed by atoms with Crippen molar-refractivity contribution in [2.45, 2.75) is 17.9 Å². The molecule has 1 saturated heterocycles. The fraction of sp³-hybridized carbons (Fsp3) is 0.538. The topological polar surface area (TPSA) is 88.4 Å². The first-order valence-corrected chi connectivity index (χ1v) is 7.87. The predicted octanol–water partition coefficient (Wildman–Crippen LogP) is 1.29. The van der Waals surface area contributed by atoms with Gasteiger partial charge in [-0.1, -0.05) is 0 Å². The van der Waals surface area contributed by atoms with Gasteiger partial charge < -0.3 is 10.2 Å². The highest BCUT2D eigenvalue weighted by molar-refractivity contribution is 7.99. The van der Waals surface area contributed by atoms with Crippen LogP contribution in [0.5, 0.6) is 0 Å². The van der Waals surface area contributed by atoms with E-state index in [1.54, 1.807) is 6.07 Å². The summed E-state index contributed by atoms with van der Waals surface area (Å²) in [5.41, 5.74) is -0.00626. The average Bonchev–Trinajstić information content (AvgIpc) is 2.52. The first-order valence-electron chi connectivity index (χ1n) is 6.88. The molecule has 1 N–H and O–H groups in total. The number of nitro groups is 1. The monoisotopic (exact) mass is 310 g/mol. The first-order chi connectivity index (χ1) is 10.2. The molecule has 1 fully saturated rings. The molecule has 2 rings (SSSR count). The smallest absolute Gasteiger partial charge is 0.287 e. The number of nitrogens with zero attached hydrogens (tertiary/aromatic N) is 3. The maximum Gasteiger partial charge on any atom is 0.287 e. The van der Waals surface area contributed by atoms with Crippen LogP contribution in [0.25, 0.3) is 0 Å². The lowest BCUT2D eigenvalue weighted by Gasteiger charge is -2.27. The summed E-state index contributed by atoms with van der Waals surface area (Å²) in [6, 6.07) is 3.09. The van der Waals surface area contributed by atoms with Crippen LogP contribution in [0, 0.1) is 10.1 Å². The number of nitrogens with one attached hydrogen (secondary N) is 1. The van der Waals surface area contributed by atoms with Gasteiger partial charge in [0.25, 0.3) is 5.69 Å². The van der Waals surface area contributed by atoms with Crippen molar-refractivity contribution < 1.29 is 9.72 Å². The number of carbonyl (C=O) groups excluding carboxylic acids is 1. The Morgan fingerprint density at radius 3 is 2.81 bits per heavy atom. The van der Waals surface area contributed by atoms with Crippen molar-refractivity contribution in [1.82, 2.24) is 15.2 Å². The van der Waals surface area contributed by atoms with Crippen LogP contribution in [-0.2, 0) is 4.79 Å². The zero-order chi connectivity index (χ0) is 15.1. The molecule has 1 aliphatic heterocycles. The van der Waals surface area contributed by atoms with Gasteiger partial charge in [0, 0.05) is 38.7 Å². The molecule has 1 aromatic rings. The van der Waals surface area contributed by atoms with E-state index >= 15 is 0 Å². The summed E-state index contributed by atoms with van der Waals surface area (Å²) in [5.74, 6) is 0.983. The lowest BCUT2D eigenvalue weighted by atomic mass is 10.2. The minimum atomic E-state index is -0.465. The molecule has 0 aliphatic carbocycles. The van der Waals surface area contributed by atoms with Gasteiger partial charge in [-0.15, -0.1) is 11.8 Å². The Hall–Kier alpha value is -1.67. The highest BCUT2D eigenvalue weighted by Gasteiger charge is 2.15. The van der Waals surface area contributed by atoms with E-state index < -0.39 is 4.92 Å². The SMILES string of the molecule is O=C(CCCSc1ccc([N+](=O)[O-])cn1)N1CCNCC1. The standard InChI is InChI=1S/C13H18N4O3S/c18-13(16-7-5-14-6-8-16)2-1-9-21-12-4-3-11(10-15-12)17(19)20/h3-4,10,14H,1-2,5-9H2. The molecule has 2 heterocycles. The van der Waals surface area contributed by atoms with Gasteiger partial charge in [-0.25, -0.2) is 4.98 Å². The zero-order valence-corrected chi connectivity index (χ0v) is 12.5. The molecule has 1 aromatic heterocycles. The fourth-order valence-electron chi connectivity index (χ4n) is 2.04. The number of amides is 1. The molecule has 0 unspecified atom stereocenters. The van der Waals surface area contributed by atoms with Gasteiger partial charge >= 0.3 is 0 Å². The van der Waals surface area contributed by atoms with Crippen LogP contribution in [0.2, 0.25) is 0 Å². The molecular formula is C13H18N4O3S. The van der Waals surface area contributed by atoms with Gasteiger partial charge in [0.15, 0.2) is 0 Å². The largest absolute Gasteiger partial charge is 0.340 e. The maximum absolute atomic E-state index is 11.9. The third-order valence-electron chi connectivity index (χ3n) is 3.19. The number of carbonyl (C=O) groups is 1. The van der Waals surface area contributed by atoms with E-state index in [4.69, 9.17) is 0 Å². The first kappa shape index (κ1) is 15.7. The number of piperazine rings is 1. The van der Waals surface area contributed by atoms with E-state index in [2.05, 4.69) is 10.3 Å². The number of rotatable bonds is 6. The number of hydrogen-bond acceptors (Lipinski definition) is 6. The van der Waals surface area contributed by atoms with E-state index in [0.717, 1.165) is 43.4 Å². The molecule has 1 aliphatic rings. The van der Waals surface area contributed by atoms with Gasteiger partial charge in [0.2, 0.25) is 5.91 Å². The molecule has 0 bridgehead atoms. The van der Waals surface area contributed by atoms with Crippen molar-refractivity contribution in [3.05, 3.63) is 28.4 Å². The summed E-state index contributed by atoms with van der Waals surface area (Å²) in [6.45, 7) is 3.31. The van der Waals surface area contributed by atoms with E-state index in [9.17, 15) is 14.9 Å². The van der Waals surface area contributed by atoms with Crippen LogP contribution in [0.4, 0.5) is 5.69 Å². The Kier molecular flexibility index (Phi) is 5.94. The second-order valence-corrected chi connectivity index (χ2v) is 5.81. The van der Waals surface area contributed by atoms with Gasteiger partial charge in [-0.05, 0) is 18.2 Å². The summed E-state index contributed by atoms with van der Waals surface area (Å²) in [6.07, 6.45) is 2.58. The van der Waals surface area contributed by atoms with Crippen molar-refractivity contribution in [1.29, 1.82) is 0 Å². The van der Waals surface area contributed by atoms with Crippen LogP contribution in [0.1, 0.15) is 12.8 Å². The van der Waals surface area contributed by atoms with Crippen molar-refractivity contribution in [2.75, 3.05) is 31.9 Å². The van der Waals surface area contributed by atoms with Gasteiger partial charge in [-0.2, -0.15) is 0 Å². The molecule has 0 spiro atoms. The molecule has 0 atom stereocenters. The summed E-state index contributed by atoms with van der Waals surface area (Å²) < 4.78 is 0. The van der Waals surface area contributed by atoms with Crippen molar-refractivity contribution in [3.63, 3.8) is 0 Å². The minimum Gasteiger partial charge on any atom is -0.340 e. The quantitative estimate of drug-likeness (QED) is 0.369. The van der Waals surface area contributed by atoms with E-state index in [1.165, 1.54) is 24.0 Å². The Labute approximate surface area is 127 Å². The van der Waals surface area contributed by atoms with Crippen LogP contribution in [0.15, 0.2) is 23.4 Å². The number of aromatic nitrogens is 1. The Morgan fingerprint density at radius 2 is 2.19 bits per heavy atom. The highest BCUT2D eigenvalue weighted by Crippen LogP contribution is 2.19. The molecule has 7 nitrogen and oxygen atoms in total. The zero-order valence-electron chi connectivity index (χ0n) is 11.7. The molecule has 0 saturated carbocycles. The van der Waals surface area contributed by atoms with Crippen LogP contribution >= 0.6 is 11.8 Å². The van der Waals surface area contributed by atoms with Crippen LogP contribution in [0.3, 0.4) is 0 Å². The van der Waals surface area contributed by atoms with Crippen molar-refractivity contribution in [2.24, 2.45) is 0 Å². The number of hydrogen-bond donors (Lipinski definition) is 1. The van der Waals surface area contributed by atoms with E-state index in [1.807, 2.05) is 4.90 Å². The average molecular weight is 310 g/mol. The third kappa shape index (κ3) is 4.98. The molecule has 0 aromatic carbocycles. The normalized spacial score (nSPS) is 15.0. The molecule has 1 amide bonds. The van der Waals surface area contributed by atoms with E-state index in [0.29, 0.717) is 6.42 Å². The predicted molar refractivity (Wildman–Crippen MR) is 80.3 cm³/mol. The number of thioether (sulfide) groups is 1. The summed E-state index contributed by atoms with van der Waals surface area (Å²) in [5, 5.41) is 14.5. The Balaban J connectivity index is 1.67. The Morgan fingerprint density at radius 1 is 1.43 bits per heavy atom. The second kappa shape index (κ2) is 7.94. The Bertz CT molecular complexity index is 489. The van der Waals surface area contributed by atoms with Gasteiger partial charge in [0.1, 0.15) is 6.20 Å². The van der Waals surface area contributed by atoms with Crippen LogP contribution in [-0.4, -0.2) is 52.6 Å². The molecule has 114 valence electrons. The number of pyridine rings is 1. The summed E-state index contributed by atoms with van der Waals surface area (Å²) >= 11 is 1.51.